The number of nitrogens with one attached hydrogen (secondary N) is 1. The third-order valence-electron chi connectivity index (χ3n) is 1.14. The Bertz CT molecular complexity index is 237. The summed E-state index contributed by atoms with van der Waals surface area (Å²) in [5.41, 5.74) is 0.469. The van der Waals surface area contributed by atoms with Gasteiger partial charge in [0.05, 0.1) is 0 Å². The van der Waals surface area contributed by atoms with Crippen LogP contribution in [0.1, 0.15) is 13.8 Å². The zero-order valence-corrected chi connectivity index (χ0v) is 6.92. The molecule has 0 radical (unpaired) electrons. The monoisotopic (exact) mass is 181 g/mol. The zero-order chi connectivity index (χ0) is 8.70. The number of carbonyl (C=O) groups excluding carboxylic acids is 1. The number of hydroxylamine groups is 1. The van der Waals surface area contributed by atoms with Crippen LogP contribution in [0, 0.1) is 0 Å². The van der Waals surface area contributed by atoms with Gasteiger partial charge < -0.3 is 4.89 Å². The van der Waals surface area contributed by atoms with Crippen molar-refractivity contribution in [2.45, 2.75) is 19.4 Å². The summed E-state index contributed by atoms with van der Waals surface area (Å²) < 4.78 is 19.1. The van der Waals surface area contributed by atoms with Crippen LogP contribution in [-0.2, 0) is 18.5 Å². The van der Waals surface area contributed by atoms with Gasteiger partial charge in [-0.25, -0.2) is 10.0 Å². The second-order valence-electron chi connectivity index (χ2n) is 2.59. The number of carbonyl (C=O) groups is 1. The summed E-state index contributed by atoms with van der Waals surface area (Å²) in [5.74, 6) is -0.585. The molecule has 1 aliphatic heterocycles. The van der Waals surface area contributed by atoms with E-state index in [1.165, 1.54) is 13.8 Å². The molecule has 0 aromatic rings. The van der Waals surface area contributed by atoms with Gasteiger partial charge >= 0.3 is 7.82 Å². The Morgan fingerprint density at radius 1 is 1.64 bits per heavy atom. The molecule has 6 nitrogen and oxygen atoms in total. The van der Waals surface area contributed by atoms with Gasteiger partial charge in [-0.3, -0.25) is 9.32 Å². The quantitative estimate of drug-likeness (QED) is 0.511. The zero-order valence-electron chi connectivity index (χ0n) is 6.03. The summed E-state index contributed by atoms with van der Waals surface area (Å²) in [6, 6.07) is 0. The van der Waals surface area contributed by atoms with Crippen molar-refractivity contribution < 1.29 is 23.4 Å². The van der Waals surface area contributed by atoms with E-state index in [0.717, 1.165) is 0 Å². The first-order valence-electron chi connectivity index (χ1n) is 2.86. The van der Waals surface area contributed by atoms with Crippen molar-refractivity contribution in [1.82, 2.24) is 5.48 Å². The molecule has 1 saturated heterocycles. The van der Waals surface area contributed by atoms with Gasteiger partial charge in [0.2, 0.25) is 0 Å². The summed E-state index contributed by atoms with van der Waals surface area (Å²) in [5, 5.41) is 0. The topological polar surface area (TPSA) is 84.9 Å². The van der Waals surface area contributed by atoms with Crippen molar-refractivity contribution in [2.75, 3.05) is 0 Å². The maximum atomic E-state index is 10.8. The van der Waals surface area contributed by atoms with Crippen LogP contribution in [0.3, 0.4) is 0 Å². The van der Waals surface area contributed by atoms with Crippen LogP contribution in [0.4, 0.5) is 0 Å². The number of rotatable bonds is 0. The van der Waals surface area contributed by atoms with Crippen LogP contribution in [0.5, 0.6) is 0 Å². The predicted octanol–water partition coefficient (Wildman–Crippen LogP) is -0.0566. The van der Waals surface area contributed by atoms with Gasteiger partial charge in [0, 0.05) is 0 Å². The second-order valence-corrected chi connectivity index (χ2v) is 3.89. The Balaban J connectivity index is 2.83. The largest absolute Gasteiger partial charge is 0.494 e. The van der Waals surface area contributed by atoms with Crippen LogP contribution in [0.2, 0.25) is 0 Å². The minimum Gasteiger partial charge on any atom is -0.301 e. The maximum absolute atomic E-state index is 10.8. The van der Waals surface area contributed by atoms with Crippen LogP contribution < -0.4 is 5.48 Å². The van der Waals surface area contributed by atoms with Gasteiger partial charge in [0.25, 0.3) is 5.91 Å². The van der Waals surface area contributed by atoms with E-state index >= 15 is 0 Å². The molecule has 11 heavy (non-hydrogen) atoms. The number of phosphoric acid groups is 1. The first-order valence-corrected chi connectivity index (χ1v) is 4.36. The van der Waals surface area contributed by atoms with E-state index in [9.17, 15) is 9.36 Å². The third kappa shape index (κ3) is 1.78. The molecule has 2 N–H and O–H groups in total. The van der Waals surface area contributed by atoms with Crippen molar-refractivity contribution >= 4 is 13.7 Å². The van der Waals surface area contributed by atoms with Crippen LogP contribution in [0.25, 0.3) is 0 Å². The molecule has 1 heterocycles. The molecule has 1 unspecified atom stereocenters. The lowest BCUT2D eigenvalue weighted by Crippen LogP contribution is -2.47. The van der Waals surface area contributed by atoms with Crippen LogP contribution in [0.15, 0.2) is 0 Å². The molecular formula is C4H8NO5P. The molecule has 0 aromatic heterocycles. The molecule has 0 saturated carbocycles. The fourth-order valence-electron chi connectivity index (χ4n) is 0.571. The van der Waals surface area contributed by atoms with Gasteiger partial charge in [-0.15, -0.1) is 0 Å². The lowest BCUT2D eigenvalue weighted by molar-refractivity contribution is -0.152. The van der Waals surface area contributed by atoms with Crippen LogP contribution in [-0.4, -0.2) is 16.4 Å². The van der Waals surface area contributed by atoms with E-state index in [2.05, 4.69) is 9.15 Å². The van der Waals surface area contributed by atoms with E-state index in [1.54, 1.807) is 5.48 Å². The third-order valence-corrected chi connectivity index (χ3v) is 2.15. The smallest absolute Gasteiger partial charge is 0.301 e. The molecule has 0 aromatic carbocycles. The average molecular weight is 181 g/mol. The standard InChI is InChI=1S/C4H8NO5P/c1-4(2)3(6)5-10-11(7,8)9-4/h1-2H3,(H,5,6)(H,7,8). The Morgan fingerprint density at radius 3 is 2.55 bits per heavy atom. The SMILES string of the molecule is CC1(C)OP(=O)(O)ONC1=O. The molecule has 0 spiro atoms. The molecule has 0 bridgehead atoms. The lowest BCUT2D eigenvalue weighted by Gasteiger charge is -2.30. The molecule has 64 valence electrons. The summed E-state index contributed by atoms with van der Waals surface area (Å²) in [7, 11) is -4.08. The first kappa shape index (κ1) is 8.67. The number of hydrogen-bond acceptors (Lipinski definition) is 4. The molecule has 1 amide bonds. The Hall–Kier alpha value is -0.420. The summed E-state index contributed by atoms with van der Waals surface area (Å²) >= 11 is 0. The van der Waals surface area contributed by atoms with Crippen molar-refractivity contribution in [3.8, 4) is 0 Å². The van der Waals surface area contributed by atoms with E-state index in [0.29, 0.717) is 0 Å². The maximum Gasteiger partial charge on any atom is 0.494 e. The highest BCUT2D eigenvalue weighted by Gasteiger charge is 2.43. The minimum atomic E-state index is -4.08. The second kappa shape index (κ2) is 2.28. The van der Waals surface area contributed by atoms with Gasteiger partial charge in [-0.05, 0) is 13.8 Å². The van der Waals surface area contributed by atoms with Crippen LogP contribution >= 0.6 is 7.82 Å². The highest BCUT2D eigenvalue weighted by Crippen LogP contribution is 2.48. The Kier molecular flexibility index (Phi) is 1.80. The number of hydrogen-bond donors (Lipinski definition) is 2. The summed E-state index contributed by atoms with van der Waals surface area (Å²) in [6.45, 7) is 2.74. The fourth-order valence-corrected chi connectivity index (χ4v) is 1.47. The molecule has 7 heteroatoms. The summed E-state index contributed by atoms with van der Waals surface area (Å²) in [6.07, 6.45) is 0. The Morgan fingerprint density at radius 2 is 2.18 bits per heavy atom. The predicted molar refractivity (Wildman–Crippen MR) is 34.2 cm³/mol. The van der Waals surface area contributed by atoms with Gasteiger partial charge in [0.15, 0.2) is 5.60 Å². The summed E-state index contributed by atoms with van der Waals surface area (Å²) in [4.78, 5) is 19.5. The molecule has 1 atom stereocenters. The highest BCUT2D eigenvalue weighted by atomic mass is 31.2. The van der Waals surface area contributed by atoms with E-state index in [-0.39, 0.29) is 0 Å². The lowest BCUT2D eigenvalue weighted by atomic mass is 10.1. The van der Waals surface area contributed by atoms with Gasteiger partial charge in [-0.1, -0.05) is 0 Å². The molecule has 1 aliphatic rings. The van der Waals surface area contributed by atoms with Crippen molar-refractivity contribution in [1.29, 1.82) is 0 Å². The molecule has 1 rings (SSSR count). The van der Waals surface area contributed by atoms with E-state index < -0.39 is 19.3 Å². The number of phosphoric ester groups is 1. The van der Waals surface area contributed by atoms with Gasteiger partial charge in [-0.2, -0.15) is 4.62 Å². The number of amides is 1. The molecule has 1 fully saturated rings. The normalized spacial score (nSPS) is 36.5. The van der Waals surface area contributed by atoms with Crippen molar-refractivity contribution in [2.24, 2.45) is 0 Å². The first-order chi connectivity index (χ1) is 4.83. The molecule has 0 aliphatic carbocycles. The van der Waals surface area contributed by atoms with Crippen molar-refractivity contribution in [3.05, 3.63) is 0 Å². The van der Waals surface area contributed by atoms with E-state index in [4.69, 9.17) is 4.89 Å². The molecular weight excluding hydrogens is 173 g/mol. The fraction of sp³-hybridized carbons (Fsp3) is 0.750. The van der Waals surface area contributed by atoms with E-state index in [1.807, 2.05) is 0 Å². The van der Waals surface area contributed by atoms with Crippen molar-refractivity contribution in [3.63, 3.8) is 0 Å². The minimum absolute atomic E-state index is 0.585. The van der Waals surface area contributed by atoms with Gasteiger partial charge in [0.1, 0.15) is 0 Å². The Labute approximate surface area is 63.1 Å². The average Bonchev–Trinajstić information content (AvgIpc) is 1.77. The highest BCUT2D eigenvalue weighted by molar-refractivity contribution is 7.47.